The van der Waals surface area contributed by atoms with Gasteiger partial charge in [0, 0.05) is 19.2 Å². The molecule has 0 saturated heterocycles. The molecule has 0 spiro atoms. The van der Waals surface area contributed by atoms with Crippen LogP contribution < -0.4 is 0 Å². The third kappa shape index (κ3) is 2.47. The molecule has 2 aromatic rings. The van der Waals surface area contributed by atoms with E-state index >= 15 is 0 Å². The first-order valence-corrected chi connectivity index (χ1v) is 5.48. The Hall–Kier alpha value is -1.83. The summed E-state index contributed by atoms with van der Waals surface area (Å²) in [6.45, 7) is 0.0745. The lowest BCUT2D eigenvalue weighted by atomic mass is 10.2. The van der Waals surface area contributed by atoms with Crippen LogP contribution in [-0.4, -0.2) is 21.5 Å². The van der Waals surface area contributed by atoms with E-state index in [0.29, 0.717) is 17.0 Å². The third-order valence-corrected chi connectivity index (χ3v) is 2.66. The van der Waals surface area contributed by atoms with Crippen molar-refractivity contribution in [2.24, 2.45) is 0 Å². The van der Waals surface area contributed by atoms with Crippen molar-refractivity contribution in [2.75, 3.05) is 6.61 Å². The lowest BCUT2D eigenvalue weighted by Gasteiger charge is -2.02. The summed E-state index contributed by atoms with van der Waals surface area (Å²) in [7, 11) is 0. The largest absolute Gasteiger partial charge is 0.396 e. The fourth-order valence-corrected chi connectivity index (χ4v) is 1.71. The summed E-state index contributed by atoms with van der Waals surface area (Å²) < 4.78 is 1.66. The molecule has 1 heterocycles. The summed E-state index contributed by atoms with van der Waals surface area (Å²) in [5, 5.41) is 22.3. The molecule has 17 heavy (non-hydrogen) atoms. The van der Waals surface area contributed by atoms with Gasteiger partial charge < -0.3 is 5.11 Å². The molecule has 0 aliphatic rings. The number of nitriles is 1. The number of aromatic nitrogens is 2. The Morgan fingerprint density at radius 3 is 2.88 bits per heavy atom. The molecule has 2 rings (SSSR count). The summed E-state index contributed by atoms with van der Waals surface area (Å²) in [6, 6.07) is 8.97. The van der Waals surface area contributed by atoms with Crippen molar-refractivity contribution in [3.63, 3.8) is 0 Å². The van der Waals surface area contributed by atoms with Crippen molar-refractivity contribution in [3.8, 4) is 11.8 Å². The first-order valence-electron chi connectivity index (χ1n) is 5.10. The van der Waals surface area contributed by atoms with Gasteiger partial charge in [0.25, 0.3) is 0 Å². The van der Waals surface area contributed by atoms with Gasteiger partial charge in [-0.15, -0.1) is 0 Å². The van der Waals surface area contributed by atoms with E-state index in [2.05, 4.69) is 5.10 Å². The zero-order chi connectivity index (χ0) is 12.3. The van der Waals surface area contributed by atoms with Gasteiger partial charge in [-0.25, -0.2) is 4.68 Å². The molecule has 0 saturated carbocycles. The molecule has 0 bridgehead atoms. The molecule has 0 amide bonds. The normalized spacial score (nSPS) is 10.2. The Kier molecular flexibility index (Phi) is 3.43. The van der Waals surface area contributed by atoms with Crippen molar-refractivity contribution in [3.05, 3.63) is 46.7 Å². The molecular weight excluding hydrogens is 238 g/mol. The predicted molar refractivity (Wildman–Crippen MR) is 64.1 cm³/mol. The maximum Gasteiger partial charge on any atom is 0.101 e. The summed E-state index contributed by atoms with van der Waals surface area (Å²) in [5.74, 6) is 0. The van der Waals surface area contributed by atoms with Gasteiger partial charge in [0.2, 0.25) is 0 Å². The van der Waals surface area contributed by atoms with E-state index < -0.39 is 0 Å². The average Bonchev–Trinajstić information content (AvgIpc) is 2.78. The van der Waals surface area contributed by atoms with Gasteiger partial charge in [-0.3, -0.25) is 0 Å². The molecule has 0 aliphatic carbocycles. The highest BCUT2D eigenvalue weighted by Crippen LogP contribution is 2.19. The van der Waals surface area contributed by atoms with Gasteiger partial charge in [0.1, 0.15) is 6.07 Å². The minimum Gasteiger partial charge on any atom is -0.396 e. The fraction of sp³-hybridized carbons (Fsp3) is 0.167. The second-order valence-electron chi connectivity index (χ2n) is 3.50. The third-order valence-electron chi connectivity index (χ3n) is 2.35. The Morgan fingerprint density at radius 1 is 1.41 bits per heavy atom. The van der Waals surface area contributed by atoms with E-state index in [0.717, 1.165) is 11.4 Å². The fourth-order valence-electron chi connectivity index (χ4n) is 1.49. The van der Waals surface area contributed by atoms with Gasteiger partial charge in [0.15, 0.2) is 0 Å². The molecule has 0 radical (unpaired) electrons. The average molecular weight is 248 g/mol. The van der Waals surface area contributed by atoms with E-state index in [1.807, 2.05) is 12.1 Å². The highest BCUT2D eigenvalue weighted by Gasteiger charge is 2.04. The summed E-state index contributed by atoms with van der Waals surface area (Å²) in [4.78, 5) is 0. The smallest absolute Gasteiger partial charge is 0.101 e. The molecule has 1 aromatic carbocycles. The molecule has 0 atom stereocenters. The van der Waals surface area contributed by atoms with Gasteiger partial charge in [-0.05, 0) is 24.3 Å². The topological polar surface area (TPSA) is 61.8 Å². The molecular formula is C12H10ClN3O. The summed E-state index contributed by atoms with van der Waals surface area (Å²) in [6.07, 6.45) is 2.32. The number of aliphatic hydroxyl groups excluding tert-OH is 1. The zero-order valence-corrected chi connectivity index (χ0v) is 9.72. The maximum atomic E-state index is 8.81. The predicted octanol–water partition coefficient (Wildman–Crippen LogP) is 1.93. The molecule has 4 nitrogen and oxygen atoms in total. The standard InChI is InChI=1S/C12H10ClN3O/c13-12-7-11(2-1-9(12)8-14)16-5-3-10(15-16)4-6-17/h1-3,5,7,17H,4,6H2. The van der Waals surface area contributed by atoms with Gasteiger partial charge >= 0.3 is 0 Å². The van der Waals surface area contributed by atoms with Crippen LogP contribution >= 0.6 is 11.6 Å². The SMILES string of the molecule is N#Cc1ccc(-n2ccc(CCO)n2)cc1Cl. The van der Waals surface area contributed by atoms with Crippen molar-refractivity contribution >= 4 is 11.6 Å². The summed E-state index contributed by atoms with van der Waals surface area (Å²) >= 11 is 5.94. The Balaban J connectivity index is 2.33. The van der Waals surface area contributed by atoms with Gasteiger partial charge in [0.05, 0.1) is 22.0 Å². The number of aliphatic hydroxyl groups is 1. The van der Waals surface area contributed by atoms with E-state index in [9.17, 15) is 0 Å². The molecule has 1 aromatic heterocycles. The Labute approximate surface area is 104 Å². The first kappa shape index (κ1) is 11.6. The van der Waals surface area contributed by atoms with Crippen LogP contribution in [0.2, 0.25) is 5.02 Å². The summed E-state index contributed by atoms with van der Waals surface area (Å²) in [5.41, 5.74) is 2.05. The maximum absolute atomic E-state index is 8.81. The monoisotopic (exact) mass is 247 g/mol. The van der Waals surface area contributed by atoms with Crippen LogP contribution in [0, 0.1) is 11.3 Å². The van der Waals surface area contributed by atoms with Crippen molar-refractivity contribution in [1.82, 2.24) is 9.78 Å². The quantitative estimate of drug-likeness (QED) is 0.902. The van der Waals surface area contributed by atoms with Crippen molar-refractivity contribution in [1.29, 1.82) is 5.26 Å². The minimum atomic E-state index is 0.0745. The lowest BCUT2D eigenvalue weighted by Crippen LogP contribution is -1.98. The van der Waals surface area contributed by atoms with Crippen molar-refractivity contribution in [2.45, 2.75) is 6.42 Å². The number of benzene rings is 1. The van der Waals surface area contributed by atoms with Crippen LogP contribution in [0.5, 0.6) is 0 Å². The van der Waals surface area contributed by atoms with E-state index in [1.54, 1.807) is 29.1 Å². The zero-order valence-electron chi connectivity index (χ0n) is 8.97. The van der Waals surface area contributed by atoms with Crippen LogP contribution in [0.4, 0.5) is 0 Å². The minimum absolute atomic E-state index is 0.0745. The van der Waals surface area contributed by atoms with Crippen LogP contribution in [-0.2, 0) is 6.42 Å². The van der Waals surface area contributed by atoms with Gasteiger partial charge in [-0.2, -0.15) is 10.4 Å². The van der Waals surface area contributed by atoms with E-state index in [-0.39, 0.29) is 6.61 Å². The van der Waals surface area contributed by atoms with Gasteiger partial charge in [-0.1, -0.05) is 11.6 Å². The molecule has 5 heteroatoms. The van der Waals surface area contributed by atoms with Crippen molar-refractivity contribution < 1.29 is 5.11 Å². The molecule has 0 aliphatic heterocycles. The first-order chi connectivity index (χ1) is 8.24. The lowest BCUT2D eigenvalue weighted by molar-refractivity contribution is 0.298. The van der Waals surface area contributed by atoms with E-state index in [4.69, 9.17) is 22.0 Å². The second kappa shape index (κ2) is 5.00. The highest BCUT2D eigenvalue weighted by molar-refractivity contribution is 6.31. The number of rotatable bonds is 3. The van der Waals surface area contributed by atoms with Crippen LogP contribution in [0.15, 0.2) is 30.5 Å². The molecule has 0 unspecified atom stereocenters. The highest BCUT2D eigenvalue weighted by atomic mass is 35.5. The van der Waals surface area contributed by atoms with E-state index in [1.165, 1.54) is 0 Å². The van der Waals surface area contributed by atoms with Crippen LogP contribution in [0.1, 0.15) is 11.3 Å². The van der Waals surface area contributed by atoms with Crippen LogP contribution in [0.3, 0.4) is 0 Å². The van der Waals surface area contributed by atoms with Crippen LogP contribution in [0.25, 0.3) is 5.69 Å². The molecule has 0 fully saturated rings. The molecule has 1 N–H and O–H groups in total. The number of nitrogens with zero attached hydrogens (tertiary/aromatic N) is 3. The number of hydrogen-bond donors (Lipinski definition) is 1. The number of hydrogen-bond acceptors (Lipinski definition) is 3. The molecule has 86 valence electrons. The Morgan fingerprint density at radius 2 is 2.24 bits per heavy atom. The number of halogens is 1. The Bertz CT molecular complexity index is 571. The second-order valence-corrected chi connectivity index (χ2v) is 3.91.